The van der Waals surface area contributed by atoms with E-state index < -0.39 is 0 Å². The van der Waals surface area contributed by atoms with E-state index in [1.54, 1.807) is 0 Å². The van der Waals surface area contributed by atoms with Crippen molar-refractivity contribution in [1.82, 2.24) is 0 Å². The zero-order chi connectivity index (χ0) is 23.0. The van der Waals surface area contributed by atoms with Gasteiger partial charge < -0.3 is 29.5 Å². The lowest BCUT2D eigenvalue weighted by atomic mass is 9.88. The van der Waals surface area contributed by atoms with Crippen molar-refractivity contribution in [2.75, 3.05) is 52.9 Å². The largest absolute Gasteiger partial charge is 0.465 e. The van der Waals surface area contributed by atoms with Gasteiger partial charge in [-0.05, 0) is 44.9 Å². The first-order chi connectivity index (χ1) is 15.1. The van der Waals surface area contributed by atoms with Gasteiger partial charge in [0.15, 0.2) is 0 Å². The van der Waals surface area contributed by atoms with Crippen LogP contribution in [0.5, 0.6) is 0 Å². The Kier molecular flexibility index (Phi) is 21.9. The minimum Gasteiger partial charge on any atom is -0.465 e. The van der Waals surface area contributed by atoms with Crippen LogP contribution in [0, 0.1) is 5.41 Å². The highest BCUT2D eigenvalue weighted by molar-refractivity contribution is 5.69. The number of ether oxygens (including phenoxy) is 3. The Hall–Kier alpha value is -0.730. The van der Waals surface area contributed by atoms with Crippen molar-refractivity contribution in [2.24, 2.45) is 5.41 Å². The Morgan fingerprint density at radius 3 is 1.55 bits per heavy atom. The van der Waals surface area contributed by atoms with E-state index in [0.717, 1.165) is 70.6 Å². The van der Waals surface area contributed by atoms with Crippen molar-refractivity contribution < 1.29 is 34.3 Å². The van der Waals surface area contributed by atoms with Crippen LogP contribution in [-0.2, 0) is 19.0 Å². The van der Waals surface area contributed by atoms with Gasteiger partial charge in [-0.2, -0.15) is 0 Å². The zero-order valence-corrected chi connectivity index (χ0v) is 19.8. The number of unbranched alkanes of at least 4 members (excludes halogenated alkanes) is 8. The lowest BCUT2D eigenvalue weighted by Crippen LogP contribution is -2.38. The van der Waals surface area contributed by atoms with Crippen molar-refractivity contribution in [3.8, 4) is 0 Å². The molecule has 0 aliphatic carbocycles. The predicted molar refractivity (Wildman–Crippen MR) is 122 cm³/mol. The second-order valence-electron chi connectivity index (χ2n) is 8.43. The first kappa shape index (κ1) is 30.3. The van der Waals surface area contributed by atoms with Crippen molar-refractivity contribution in [3.05, 3.63) is 0 Å². The van der Waals surface area contributed by atoms with Crippen LogP contribution in [0.15, 0.2) is 0 Å². The summed E-state index contributed by atoms with van der Waals surface area (Å²) in [5, 5.41) is 26.5. The average Bonchev–Trinajstić information content (AvgIpc) is 2.78. The summed E-state index contributed by atoms with van der Waals surface area (Å²) in [6.07, 6.45) is 11.1. The second kappa shape index (κ2) is 22.5. The fraction of sp³-hybridized carbons (Fsp3) is 0.958. The van der Waals surface area contributed by atoms with Crippen LogP contribution in [0.2, 0.25) is 0 Å². The monoisotopic (exact) mass is 448 g/mol. The third-order valence-corrected chi connectivity index (χ3v) is 5.54. The summed E-state index contributed by atoms with van der Waals surface area (Å²) in [4.78, 5) is 12.1. The van der Waals surface area contributed by atoms with Gasteiger partial charge in [0, 0.05) is 39.5 Å². The molecule has 31 heavy (non-hydrogen) atoms. The van der Waals surface area contributed by atoms with Crippen LogP contribution in [0.3, 0.4) is 0 Å². The highest BCUT2D eigenvalue weighted by atomic mass is 16.5. The van der Waals surface area contributed by atoms with E-state index in [1.165, 1.54) is 0 Å². The number of carbonyl (C=O) groups excluding carboxylic acids is 1. The maximum atomic E-state index is 12.1. The summed E-state index contributed by atoms with van der Waals surface area (Å²) < 4.78 is 17.5. The van der Waals surface area contributed by atoms with Crippen LogP contribution >= 0.6 is 0 Å². The Morgan fingerprint density at radius 1 is 0.645 bits per heavy atom. The van der Waals surface area contributed by atoms with Crippen molar-refractivity contribution >= 4 is 5.97 Å². The first-order valence-corrected chi connectivity index (χ1v) is 12.3. The Bertz CT molecular complexity index is 372. The summed E-state index contributed by atoms with van der Waals surface area (Å²) in [6, 6.07) is 0. The number of aliphatic hydroxyl groups is 3. The van der Waals surface area contributed by atoms with E-state index in [-0.39, 0.29) is 37.8 Å². The van der Waals surface area contributed by atoms with E-state index in [0.29, 0.717) is 39.3 Å². The molecule has 7 heteroatoms. The van der Waals surface area contributed by atoms with Gasteiger partial charge >= 0.3 is 5.97 Å². The molecule has 0 rings (SSSR count). The van der Waals surface area contributed by atoms with Crippen molar-refractivity contribution in [3.63, 3.8) is 0 Å². The smallest absolute Gasteiger partial charge is 0.305 e. The molecule has 0 saturated heterocycles. The number of hydrogen-bond donors (Lipinski definition) is 3. The molecule has 0 aromatic heterocycles. The molecule has 0 aliphatic heterocycles. The summed E-state index contributed by atoms with van der Waals surface area (Å²) in [7, 11) is 0. The first-order valence-electron chi connectivity index (χ1n) is 12.3. The summed E-state index contributed by atoms with van der Waals surface area (Å²) >= 11 is 0. The topological polar surface area (TPSA) is 105 Å². The zero-order valence-electron chi connectivity index (χ0n) is 19.8. The van der Waals surface area contributed by atoms with Crippen molar-refractivity contribution in [2.45, 2.75) is 90.4 Å². The summed E-state index contributed by atoms with van der Waals surface area (Å²) in [6.45, 7) is 5.29. The molecule has 0 radical (unpaired) electrons. The Morgan fingerprint density at radius 2 is 1.10 bits per heavy atom. The molecule has 3 N–H and O–H groups in total. The van der Waals surface area contributed by atoms with Gasteiger partial charge in [0.1, 0.15) is 6.61 Å². The van der Waals surface area contributed by atoms with Gasteiger partial charge in [0.2, 0.25) is 0 Å². The van der Waals surface area contributed by atoms with Gasteiger partial charge in [0.05, 0.1) is 18.6 Å². The van der Waals surface area contributed by atoms with Gasteiger partial charge in [0.25, 0.3) is 0 Å². The van der Waals surface area contributed by atoms with Gasteiger partial charge in [-0.1, -0.05) is 39.0 Å². The molecule has 0 aromatic carbocycles. The molecule has 0 saturated carbocycles. The van der Waals surface area contributed by atoms with E-state index in [2.05, 4.69) is 6.92 Å². The number of rotatable bonds is 24. The van der Waals surface area contributed by atoms with Gasteiger partial charge in [-0.3, -0.25) is 4.79 Å². The molecule has 7 nitrogen and oxygen atoms in total. The molecule has 0 atom stereocenters. The summed E-state index contributed by atoms with van der Waals surface area (Å²) in [5.41, 5.74) is -0.350. The molecule has 186 valence electrons. The van der Waals surface area contributed by atoms with E-state index in [4.69, 9.17) is 29.5 Å². The van der Waals surface area contributed by atoms with Crippen LogP contribution in [0.25, 0.3) is 0 Å². The number of carbonyl (C=O) groups is 1. The molecule has 0 heterocycles. The SMILES string of the molecule is CCC(COCCCCCCO)(COCCCCCCO)COC(=O)CCCCCO. The maximum absolute atomic E-state index is 12.1. The minimum atomic E-state index is -0.350. The average molecular weight is 449 g/mol. The van der Waals surface area contributed by atoms with Crippen LogP contribution in [0.1, 0.15) is 90.4 Å². The standard InChI is InChI=1S/C24H48O7/c1-2-24(20-29-18-12-5-3-9-15-25,21-30-19-13-6-4-10-16-26)22-31-23(28)14-8-7-11-17-27/h25-27H,2-22H2,1H3. The lowest BCUT2D eigenvalue weighted by Gasteiger charge is -2.32. The van der Waals surface area contributed by atoms with Crippen molar-refractivity contribution in [1.29, 1.82) is 0 Å². The molecular formula is C24H48O7. The Balaban J connectivity index is 4.42. The molecule has 0 aliphatic rings. The normalized spacial score (nSPS) is 11.7. The summed E-state index contributed by atoms with van der Waals surface area (Å²) in [5.74, 6) is -0.205. The van der Waals surface area contributed by atoms with E-state index in [9.17, 15) is 4.79 Å². The third-order valence-electron chi connectivity index (χ3n) is 5.54. The Labute approximate surface area is 189 Å². The molecule has 0 amide bonds. The van der Waals surface area contributed by atoms with E-state index >= 15 is 0 Å². The number of aliphatic hydroxyl groups excluding tert-OH is 3. The number of hydrogen-bond acceptors (Lipinski definition) is 7. The fourth-order valence-corrected chi connectivity index (χ4v) is 3.21. The second-order valence-corrected chi connectivity index (χ2v) is 8.43. The number of esters is 1. The molecule has 0 aromatic rings. The predicted octanol–water partition coefficient (Wildman–Crippen LogP) is 3.62. The molecule has 0 bridgehead atoms. The maximum Gasteiger partial charge on any atom is 0.305 e. The van der Waals surface area contributed by atoms with Crippen LogP contribution < -0.4 is 0 Å². The lowest BCUT2D eigenvalue weighted by molar-refractivity contribution is -0.152. The fourth-order valence-electron chi connectivity index (χ4n) is 3.21. The molecule has 0 fully saturated rings. The molecule has 0 spiro atoms. The quantitative estimate of drug-likeness (QED) is 0.153. The minimum absolute atomic E-state index is 0.155. The van der Waals surface area contributed by atoms with Gasteiger partial charge in [-0.15, -0.1) is 0 Å². The highest BCUT2D eigenvalue weighted by Crippen LogP contribution is 2.25. The van der Waals surface area contributed by atoms with E-state index in [1.807, 2.05) is 0 Å². The molecule has 0 unspecified atom stereocenters. The molecular weight excluding hydrogens is 400 g/mol. The van der Waals surface area contributed by atoms with Crippen LogP contribution in [0.4, 0.5) is 0 Å². The highest BCUT2D eigenvalue weighted by Gasteiger charge is 2.31. The van der Waals surface area contributed by atoms with Gasteiger partial charge in [-0.25, -0.2) is 0 Å². The van der Waals surface area contributed by atoms with Crippen LogP contribution in [-0.4, -0.2) is 74.1 Å². The third kappa shape index (κ3) is 18.5.